The van der Waals surface area contributed by atoms with E-state index in [1.807, 2.05) is 30.3 Å². The minimum Gasteiger partial charge on any atom is -0.455 e. The average molecular weight is 457 g/mol. The van der Waals surface area contributed by atoms with Crippen molar-refractivity contribution in [3.8, 4) is 11.5 Å². The van der Waals surface area contributed by atoms with Crippen LogP contribution in [0.2, 0.25) is 5.02 Å². The fourth-order valence-electron chi connectivity index (χ4n) is 3.52. The third-order valence-electron chi connectivity index (χ3n) is 5.04. The molecule has 1 amide bonds. The molecule has 31 heavy (non-hydrogen) atoms. The van der Waals surface area contributed by atoms with Crippen LogP contribution >= 0.6 is 11.6 Å². The second kappa shape index (κ2) is 9.09. The summed E-state index contributed by atoms with van der Waals surface area (Å²) in [5, 5.41) is 3.29. The third-order valence-corrected chi connectivity index (χ3v) is 7.22. The highest BCUT2D eigenvalue weighted by atomic mass is 35.5. The maximum atomic E-state index is 13.1. The van der Waals surface area contributed by atoms with Crippen molar-refractivity contribution < 1.29 is 17.9 Å². The number of sulfonamides is 1. The van der Waals surface area contributed by atoms with E-state index in [9.17, 15) is 13.2 Å². The van der Waals surface area contributed by atoms with Crippen molar-refractivity contribution in [2.24, 2.45) is 0 Å². The molecule has 0 aromatic heterocycles. The summed E-state index contributed by atoms with van der Waals surface area (Å²) in [4.78, 5) is 13.2. The zero-order valence-corrected chi connectivity index (χ0v) is 18.1. The Kier molecular flexibility index (Phi) is 6.27. The molecule has 0 bridgehead atoms. The molecule has 0 spiro atoms. The predicted octanol–water partition coefficient (Wildman–Crippen LogP) is 4.92. The number of anilines is 1. The molecule has 160 valence electrons. The Balaban J connectivity index is 1.54. The van der Waals surface area contributed by atoms with Crippen molar-refractivity contribution in [2.45, 2.75) is 23.8 Å². The number of carbonyl (C=O) groups is 1. The summed E-state index contributed by atoms with van der Waals surface area (Å²) in [6.07, 6.45) is 1.05. The molecular formula is C23H21ClN2O4S. The Morgan fingerprint density at radius 3 is 2.39 bits per heavy atom. The van der Waals surface area contributed by atoms with Crippen molar-refractivity contribution in [2.75, 3.05) is 11.9 Å². The van der Waals surface area contributed by atoms with Crippen LogP contribution in [0.4, 0.5) is 5.69 Å². The number of hydrogen-bond donors (Lipinski definition) is 1. The maximum absolute atomic E-state index is 13.1. The quantitative estimate of drug-likeness (QED) is 0.571. The fourth-order valence-corrected chi connectivity index (χ4v) is 5.30. The van der Waals surface area contributed by atoms with Crippen molar-refractivity contribution in [3.05, 3.63) is 83.9 Å². The highest BCUT2D eigenvalue weighted by Crippen LogP contribution is 2.31. The first-order valence-electron chi connectivity index (χ1n) is 9.85. The van der Waals surface area contributed by atoms with Crippen LogP contribution in [0, 0.1) is 0 Å². The standard InChI is InChI=1S/C23H21ClN2O4S/c24-17-12-14-19(15-13-17)31(28,29)26-16-6-10-21(26)23(27)25-20-9-4-5-11-22(20)30-18-7-2-1-3-8-18/h1-5,7-9,11-15,21H,6,10,16H2,(H,25,27). The van der Waals surface area contributed by atoms with E-state index in [1.54, 1.807) is 24.3 Å². The lowest BCUT2D eigenvalue weighted by atomic mass is 10.2. The maximum Gasteiger partial charge on any atom is 0.243 e. The molecule has 6 nitrogen and oxygen atoms in total. The van der Waals surface area contributed by atoms with Gasteiger partial charge in [-0.05, 0) is 61.4 Å². The molecule has 1 N–H and O–H groups in total. The van der Waals surface area contributed by atoms with E-state index in [0.29, 0.717) is 35.1 Å². The van der Waals surface area contributed by atoms with Gasteiger partial charge in [0, 0.05) is 11.6 Å². The average Bonchev–Trinajstić information content (AvgIpc) is 3.27. The predicted molar refractivity (Wildman–Crippen MR) is 120 cm³/mol. The molecule has 0 saturated carbocycles. The zero-order valence-electron chi connectivity index (χ0n) is 16.6. The smallest absolute Gasteiger partial charge is 0.243 e. The molecule has 8 heteroatoms. The number of amides is 1. The van der Waals surface area contributed by atoms with Crippen molar-refractivity contribution in [1.82, 2.24) is 4.31 Å². The number of halogens is 1. The molecule has 1 aliphatic rings. The van der Waals surface area contributed by atoms with Gasteiger partial charge >= 0.3 is 0 Å². The number of ether oxygens (including phenoxy) is 1. The molecule has 3 aromatic rings. The largest absolute Gasteiger partial charge is 0.455 e. The van der Waals surface area contributed by atoms with Gasteiger partial charge in [-0.15, -0.1) is 0 Å². The van der Waals surface area contributed by atoms with Gasteiger partial charge in [0.05, 0.1) is 10.6 Å². The summed E-state index contributed by atoms with van der Waals surface area (Å²) < 4.78 is 33.3. The highest BCUT2D eigenvalue weighted by molar-refractivity contribution is 7.89. The summed E-state index contributed by atoms with van der Waals surface area (Å²) in [6, 6.07) is 21.4. The van der Waals surface area contributed by atoms with Crippen LogP contribution in [0.3, 0.4) is 0 Å². The van der Waals surface area contributed by atoms with Gasteiger partial charge in [-0.25, -0.2) is 8.42 Å². The van der Waals surface area contributed by atoms with Gasteiger partial charge in [0.1, 0.15) is 11.8 Å². The lowest BCUT2D eigenvalue weighted by molar-refractivity contribution is -0.119. The highest BCUT2D eigenvalue weighted by Gasteiger charge is 2.39. The van der Waals surface area contributed by atoms with Crippen LogP contribution < -0.4 is 10.1 Å². The Bertz CT molecular complexity index is 1170. The second-order valence-electron chi connectivity index (χ2n) is 7.13. The number of nitrogens with one attached hydrogen (secondary N) is 1. The van der Waals surface area contributed by atoms with E-state index in [2.05, 4.69) is 5.32 Å². The molecule has 1 saturated heterocycles. The summed E-state index contributed by atoms with van der Waals surface area (Å²) >= 11 is 5.88. The summed E-state index contributed by atoms with van der Waals surface area (Å²) in [6.45, 7) is 0.283. The molecule has 4 rings (SSSR count). The van der Waals surface area contributed by atoms with E-state index in [1.165, 1.54) is 28.6 Å². The summed E-state index contributed by atoms with van der Waals surface area (Å²) in [5.41, 5.74) is 0.479. The summed E-state index contributed by atoms with van der Waals surface area (Å²) in [7, 11) is -3.82. The molecule has 1 aliphatic heterocycles. The molecule has 1 heterocycles. The van der Waals surface area contributed by atoms with Gasteiger partial charge in [0.25, 0.3) is 0 Å². The van der Waals surface area contributed by atoms with Gasteiger partial charge in [-0.2, -0.15) is 4.31 Å². The van der Waals surface area contributed by atoms with E-state index in [-0.39, 0.29) is 17.3 Å². The first-order chi connectivity index (χ1) is 14.9. The van der Waals surface area contributed by atoms with Crippen LogP contribution in [-0.2, 0) is 14.8 Å². The number of rotatable bonds is 6. The first kappa shape index (κ1) is 21.4. The minimum atomic E-state index is -3.82. The molecule has 1 atom stereocenters. The van der Waals surface area contributed by atoms with E-state index >= 15 is 0 Å². The lowest BCUT2D eigenvalue weighted by Gasteiger charge is -2.24. The lowest BCUT2D eigenvalue weighted by Crippen LogP contribution is -2.43. The molecule has 0 radical (unpaired) electrons. The Labute approximate surface area is 186 Å². The first-order valence-corrected chi connectivity index (χ1v) is 11.7. The van der Waals surface area contributed by atoms with E-state index in [0.717, 1.165) is 0 Å². The topological polar surface area (TPSA) is 75.7 Å². The van der Waals surface area contributed by atoms with Crippen LogP contribution in [0.1, 0.15) is 12.8 Å². The van der Waals surface area contributed by atoms with Crippen LogP contribution in [-0.4, -0.2) is 31.2 Å². The van der Waals surface area contributed by atoms with Crippen LogP contribution in [0.5, 0.6) is 11.5 Å². The van der Waals surface area contributed by atoms with E-state index in [4.69, 9.17) is 16.3 Å². The zero-order chi connectivity index (χ0) is 21.8. The number of para-hydroxylation sites is 3. The molecule has 1 unspecified atom stereocenters. The Hall–Kier alpha value is -2.87. The molecular weight excluding hydrogens is 436 g/mol. The van der Waals surface area contributed by atoms with Crippen LogP contribution in [0.15, 0.2) is 83.8 Å². The SMILES string of the molecule is O=C(Nc1ccccc1Oc1ccccc1)C1CCCN1S(=O)(=O)c1ccc(Cl)cc1. The number of nitrogens with zero attached hydrogens (tertiary/aromatic N) is 1. The van der Waals surface area contributed by atoms with Crippen molar-refractivity contribution in [3.63, 3.8) is 0 Å². The second-order valence-corrected chi connectivity index (χ2v) is 9.46. The third kappa shape index (κ3) is 4.74. The van der Waals surface area contributed by atoms with Gasteiger partial charge in [-0.3, -0.25) is 4.79 Å². The van der Waals surface area contributed by atoms with Crippen molar-refractivity contribution in [1.29, 1.82) is 0 Å². The fraction of sp³-hybridized carbons (Fsp3) is 0.174. The number of carbonyl (C=O) groups excluding carboxylic acids is 1. The Morgan fingerprint density at radius 1 is 0.968 bits per heavy atom. The molecule has 3 aromatic carbocycles. The number of benzene rings is 3. The van der Waals surface area contributed by atoms with Crippen molar-refractivity contribution >= 4 is 33.2 Å². The van der Waals surface area contributed by atoms with Gasteiger partial charge in [0.15, 0.2) is 5.75 Å². The monoisotopic (exact) mass is 456 g/mol. The van der Waals surface area contributed by atoms with Crippen LogP contribution in [0.25, 0.3) is 0 Å². The van der Waals surface area contributed by atoms with Gasteiger partial charge in [-0.1, -0.05) is 41.9 Å². The Morgan fingerprint density at radius 2 is 1.65 bits per heavy atom. The molecule has 0 aliphatic carbocycles. The number of hydrogen-bond acceptors (Lipinski definition) is 4. The van der Waals surface area contributed by atoms with E-state index < -0.39 is 16.1 Å². The molecule has 1 fully saturated rings. The minimum absolute atomic E-state index is 0.115. The van der Waals surface area contributed by atoms with Gasteiger partial charge < -0.3 is 10.1 Å². The van der Waals surface area contributed by atoms with Gasteiger partial charge in [0.2, 0.25) is 15.9 Å². The summed E-state index contributed by atoms with van der Waals surface area (Å²) in [5.74, 6) is 0.725. The normalized spacial score (nSPS) is 16.7.